The number of carbonyl (C=O) groups excluding carboxylic acids is 1. The van der Waals surface area contributed by atoms with Crippen molar-refractivity contribution in [3.63, 3.8) is 0 Å². The van der Waals surface area contributed by atoms with E-state index in [1.807, 2.05) is 27.7 Å². The Labute approximate surface area is 79.4 Å². The van der Waals surface area contributed by atoms with Crippen LogP contribution in [0.4, 0.5) is 0 Å². The molecule has 4 heteroatoms. The van der Waals surface area contributed by atoms with Crippen molar-refractivity contribution in [1.82, 2.24) is 0 Å². The molecule has 0 aliphatic carbocycles. The Morgan fingerprint density at radius 3 is 2.15 bits per heavy atom. The zero-order valence-corrected chi connectivity index (χ0v) is 9.09. The molecule has 13 heavy (non-hydrogen) atoms. The maximum absolute atomic E-state index is 11.1. The highest BCUT2D eigenvalue weighted by Crippen LogP contribution is 2.11. The summed E-state index contributed by atoms with van der Waals surface area (Å²) in [7, 11) is 1.35. The summed E-state index contributed by atoms with van der Waals surface area (Å²) in [5, 5.41) is 0. The van der Waals surface area contributed by atoms with Gasteiger partial charge in [-0.3, -0.25) is 0 Å². The molecule has 0 amide bonds. The number of methoxy groups -OCH3 is 1. The van der Waals surface area contributed by atoms with Crippen LogP contribution in [0.5, 0.6) is 0 Å². The molecule has 0 rings (SSSR count). The van der Waals surface area contributed by atoms with Gasteiger partial charge in [0.25, 0.3) is 0 Å². The summed E-state index contributed by atoms with van der Waals surface area (Å²) in [6.07, 6.45) is -0.229. The van der Waals surface area contributed by atoms with Crippen LogP contribution in [0.3, 0.4) is 0 Å². The predicted molar refractivity (Wildman–Crippen MR) is 49.0 cm³/mol. The van der Waals surface area contributed by atoms with Crippen molar-refractivity contribution >= 4 is 5.97 Å². The normalized spacial score (nSPS) is 16.5. The third-order valence-electron chi connectivity index (χ3n) is 1.61. The van der Waals surface area contributed by atoms with E-state index in [0.29, 0.717) is 0 Å². The molecule has 78 valence electrons. The first-order chi connectivity index (χ1) is 5.78. The molecule has 0 unspecified atom stereocenters. The lowest BCUT2D eigenvalue weighted by Crippen LogP contribution is -2.70. The second-order valence-electron chi connectivity index (χ2n) is 4.06. The van der Waals surface area contributed by atoms with Crippen molar-refractivity contribution in [2.45, 2.75) is 45.4 Å². The topological polar surface area (TPSA) is 63.2 Å². The number of esters is 1. The van der Waals surface area contributed by atoms with Crippen LogP contribution >= 0.6 is 0 Å². The minimum atomic E-state index is -0.468. The molecule has 0 fully saturated rings. The van der Waals surface area contributed by atoms with Gasteiger partial charge < -0.3 is 15.2 Å². The summed E-state index contributed by atoms with van der Waals surface area (Å²) < 4.78 is 10.1. The van der Waals surface area contributed by atoms with Crippen LogP contribution in [0.2, 0.25) is 0 Å². The molecule has 0 saturated heterocycles. The van der Waals surface area contributed by atoms with Gasteiger partial charge >= 0.3 is 5.97 Å². The zero-order valence-electron chi connectivity index (χ0n) is 9.09. The van der Waals surface area contributed by atoms with Crippen LogP contribution < -0.4 is 5.73 Å². The number of ether oxygens (including phenoxy) is 2. The van der Waals surface area contributed by atoms with E-state index in [1.54, 1.807) is 0 Å². The van der Waals surface area contributed by atoms with Gasteiger partial charge in [-0.05, 0) is 27.7 Å². The summed E-state index contributed by atoms with van der Waals surface area (Å²) in [5.41, 5.74) is 3.43. The molecule has 0 bridgehead atoms. The Morgan fingerprint density at radius 1 is 1.38 bits per heavy atom. The fourth-order valence-electron chi connectivity index (χ4n) is 0.983. The van der Waals surface area contributed by atoms with Crippen LogP contribution in [0.25, 0.3) is 0 Å². The van der Waals surface area contributed by atoms with E-state index in [2.05, 4.69) is 10.5 Å². The minimum Gasteiger partial charge on any atom is -0.465 e. The minimum absolute atomic E-state index is 0.229. The van der Waals surface area contributed by atoms with E-state index in [-0.39, 0.29) is 17.7 Å². The first kappa shape index (κ1) is 12.4. The highest BCUT2D eigenvalue weighted by Gasteiger charge is 2.29. The van der Waals surface area contributed by atoms with Crippen molar-refractivity contribution in [2.75, 3.05) is 7.11 Å². The molecule has 0 aliphatic rings. The number of rotatable bonds is 3. The first-order valence-electron chi connectivity index (χ1n) is 4.36. The van der Waals surface area contributed by atoms with Crippen molar-refractivity contribution in [2.24, 2.45) is 0 Å². The van der Waals surface area contributed by atoms with E-state index in [4.69, 9.17) is 4.74 Å². The molecule has 0 heterocycles. The molecule has 0 aliphatic heterocycles. The third-order valence-corrected chi connectivity index (χ3v) is 1.61. The molecule has 0 aromatic carbocycles. The van der Waals surface area contributed by atoms with Gasteiger partial charge in [0.05, 0.1) is 12.7 Å². The van der Waals surface area contributed by atoms with Crippen LogP contribution in [0.1, 0.15) is 27.7 Å². The summed E-state index contributed by atoms with van der Waals surface area (Å²) in [4.78, 5) is 11.1. The van der Waals surface area contributed by atoms with Gasteiger partial charge in [-0.1, -0.05) is 0 Å². The lowest BCUT2D eigenvalue weighted by molar-refractivity contribution is -0.429. The summed E-state index contributed by atoms with van der Waals surface area (Å²) in [6.45, 7) is 7.63. The first-order valence-corrected chi connectivity index (χ1v) is 4.36. The average Bonchev–Trinajstić information content (AvgIpc) is 1.98. The Morgan fingerprint density at radius 2 is 1.85 bits per heavy atom. The fraction of sp³-hybridized carbons (Fsp3) is 0.889. The van der Waals surface area contributed by atoms with Crippen LogP contribution in [0.15, 0.2) is 0 Å². The Bertz CT molecular complexity index is 174. The number of quaternary nitrogens is 1. The van der Waals surface area contributed by atoms with Gasteiger partial charge in [-0.2, -0.15) is 0 Å². The molecular weight excluding hydrogens is 170 g/mol. The monoisotopic (exact) mass is 190 g/mol. The fourth-order valence-corrected chi connectivity index (χ4v) is 0.983. The lowest BCUT2D eigenvalue weighted by Gasteiger charge is -2.25. The highest BCUT2D eigenvalue weighted by atomic mass is 16.5. The largest absolute Gasteiger partial charge is 0.465 e. The van der Waals surface area contributed by atoms with Crippen molar-refractivity contribution in [1.29, 1.82) is 0 Å². The SMILES string of the molecule is COC(=O)[C@@H]([NH3+])[C@@H](C)OC(C)(C)C. The van der Waals surface area contributed by atoms with Crippen molar-refractivity contribution in [3.8, 4) is 0 Å². The maximum atomic E-state index is 11.1. The predicted octanol–water partition coefficient (Wildman–Crippen LogP) is -0.0265. The third kappa shape index (κ3) is 4.85. The van der Waals surface area contributed by atoms with Crippen LogP contribution in [-0.4, -0.2) is 30.8 Å². The van der Waals surface area contributed by atoms with Gasteiger partial charge in [-0.25, -0.2) is 4.79 Å². The molecule has 0 radical (unpaired) electrons. The summed E-state index contributed by atoms with van der Waals surface area (Å²) >= 11 is 0. The van der Waals surface area contributed by atoms with Gasteiger partial charge in [-0.15, -0.1) is 0 Å². The number of hydrogen-bond acceptors (Lipinski definition) is 3. The van der Waals surface area contributed by atoms with Gasteiger partial charge in [0, 0.05) is 0 Å². The number of carbonyl (C=O) groups is 1. The molecule has 4 nitrogen and oxygen atoms in total. The van der Waals surface area contributed by atoms with E-state index >= 15 is 0 Å². The highest BCUT2D eigenvalue weighted by molar-refractivity contribution is 5.74. The van der Waals surface area contributed by atoms with Crippen molar-refractivity contribution in [3.05, 3.63) is 0 Å². The van der Waals surface area contributed by atoms with E-state index in [9.17, 15) is 4.79 Å². The molecule has 0 aromatic heterocycles. The van der Waals surface area contributed by atoms with E-state index in [1.165, 1.54) is 7.11 Å². The van der Waals surface area contributed by atoms with Gasteiger partial charge in [0.1, 0.15) is 6.10 Å². The quantitative estimate of drug-likeness (QED) is 0.636. The van der Waals surface area contributed by atoms with Gasteiger partial charge in [0.2, 0.25) is 6.04 Å². The molecule has 0 spiro atoms. The van der Waals surface area contributed by atoms with E-state index in [0.717, 1.165) is 0 Å². The second-order valence-corrected chi connectivity index (χ2v) is 4.06. The van der Waals surface area contributed by atoms with Gasteiger partial charge in [0.15, 0.2) is 0 Å². The molecule has 2 atom stereocenters. The smallest absolute Gasteiger partial charge is 0.367 e. The molecular formula is C9H20NO3+. The van der Waals surface area contributed by atoms with Crippen LogP contribution in [0, 0.1) is 0 Å². The molecule has 0 aromatic rings. The Kier molecular flexibility index (Phi) is 4.36. The summed E-state index contributed by atoms with van der Waals surface area (Å²) in [5.74, 6) is -0.336. The Balaban J connectivity index is 4.11. The average molecular weight is 190 g/mol. The maximum Gasteiger partial charge on any atom is 0.367 e. The molecule has 3 N–H and O–H groups in total. The second kappa shape index (κ2) is 4.58. The number of hydrogen-bond donors (Lipinski definition) is 1. The zero-order chi connectivity index (χ0) is 10.6. The Hall–Kier alpha value is -0.610. The molecule has 0 saturated carbocycles. The lowest BCUT2D eigenvalue weighted by atomic mass is 10.1. The van der Waals surface area contributed by atoms with Crippen LogP contribution in [-0.2, 0) is 14.3 Å². The van der Waals surface area contributed by atoms with Crippen molar-refractivity contribution < 1.29 is 20.0 Å². The standard InChI is InChI=1S/C9H19NO3/c1-6(13-9(2,3)4)7(10)8(11)12-5/h6-7H,10H2,1-5H3/p+1/t6-,7+/m1/s1. The van der Waals surface area contributed by atoms with E-state index < -0.39 is 6.04 Å². The summed E-state index contributed by atoms with van der Waals surface area (Å²) in [6, 6.07) is -0.468.